The first-order valence-electron chi connectivity index (χ1n) is 5.96. The van der Waals surface area contributed by atoms with Gasteiger partial charge in [-0.3, -0.25) is 4.79 Å². The number of carbonyl (C=O) groups is 1. The zero-order valence-electron chi connectivity index (χ0n) is 8.48. The zero-order chi connectivity index (χ0) is 9.71. The van der Waals surface area contributed by atoms with Gasteiger partial charge >= 0.3 is 5.97 Å². The van der Waals surface area contributed by atoms with E-state index in [1.807, 2.05) is 0 Å². The third kappa shape index (κ3) is 1.19. The van der Waals surface area contributed by atoms with E-state index in [0.29, 0.717) is 12.3 Å². The van der Waals surface area contributed by atoms with Gasteiger partial charge in [-0.2, -0.15) is 0 Å². The van der Waals surface area contributed by atoms with Crippen molar-refractivity contribution in [1.82, 2.24) is 0 Å². The van der Waals surface area contributed by atoms with Gasteiger partial charge in [-0.1, -0.05) is 0 Å². The second-order valence-corrected chi connectivity index (χ2v) is 5.60. The van der Waals surface area contributed by atoms with Crippen LogP contribution in [0.5, 0.6) is 0 Å². The summed E-state index contributed by atoms with van der Waals surface area (Å²) in [7, 11) is 0. The molecule has 0 aliphatic heterocycles. The predicted octanol–water partition coefficient (Wildman–Crippen LogP) is 2.53. The Labute approximate surface area is 84.7 Å². The smallest absolute Gasteiger partial charge is 0.303 e. The second-order valence-electron chi connectivity index (χ2n) is 5.60. The van der Waals surface area contributed by atoms with Crippen LogP contribution in [0.3, 0.4) is 0 Å². The van der Waals surface area contributed by atoms with Crippen molar-refractivity contribution in [2.75, 3.05) is 0 Å². The fraction of sp³-hybridized carbons (Fsp3) is 0.917. The Morgan fingerprint density at radius 2 is 1.64 bits per heavy atom. The van der Waals surface area contributed by atoms with E-state index in [2.05, 4.69) is 0 Å². The van der Waals surface area contributed by atoms with Gasteiger partial charge in [-0.05, 0) is 61.7 Å². The summed E-state index contributed by atoms with van der Waals surface area (Å²) in [6.45, 7) is 0. The lowest BCUT2D eigenvalue weighted by molar-refractivity contribution is -0.138. The van der Waals surface area contributed by atoms with Crippen molar-refractivity contribution >= 4 is 5.97 Å². The maximum atomic E-state index is 10.7. The van der Waals surface area contributed by atoms with Crippen molar-refractivity contribution in [3.8, 4) is 0 Å². The molecule has 0 radical (unpaired) electrons. The van der Waals surface area contributed by atoms with Crippen LogP contribution in [-0.4, -0.2) is 11.1 Å². The average Bonchev–Trinajstić information content (AvgIpc) is 2.69. The summed E-state index contributed by atoms with van der Waals surface area (Å²) in [4.78, 5) is 10.7. The lowest BCUT2D eigenvalue weighted by atomic mass is 9.82. The second kappa shape index (κ2) is 2.98. The molecule has 0 amide bonds. The molecule has 3 saturated carbocycles. The van der Waals surface area contributed by atoms with Crippen LogP contribution < -0.4 is 0 Å². The van der Waals surface area contributed by atoms with E-state index < -0.39 is 5.97 Å². The third-order valence-corrected chi connectivity index (χ3v) is 4.95. The first-order chi connectivity index (χ1) is 6.74. The lowest BCUT2D eigenvalue weighted by Crippen LogP contribution is -2.15. The molecule has 3 aliphatic carbocycles. The highest BCUT2D eigenvalue weighted by Gasteiger charge is 2.51. The number of hydrogen-bond donors (Lipinski definition) is 1. The van der Waals surface area contributed by atoms with E-state index >= 15 is 0 Å². The molecule has 1 N–H and O–H groups in total. The fourth-order valence-electron chi connectivity index (χ4n) is 4.54. The quantitative estimate of drug-likeness (QED) is 0.733. The van der Waals surface area contributed by atoms with Crippen molar-refractivity contribution in [2.24, 2.45) is 29.6 Å². The summed E-state index contributed by atoms with van der Waals surface area (Å²) >= 11 is 0. The van der Waals surface area contributed by atoms with Gasteiger partial charge in [0.15, 0.2) is 0 Å². The van der Waals surface area contributed by atoms with Gasteiger partial charge in [0.05, 0.1) is 0 Å². The van der Waals surface area contributed by atoms with Crippen molar-refractivity contribution < 1.29 is 9.90 Å². The molecule has 4 unspecified atom stereocenters. The van der Waals surface area contributed by atoms with Crippen molar-refractivity contribution in [2.45, 2.75) is 38.5 Å². The van der Waals surface area contributed by atoms with Crippen LogP contribution in [0.4, 0.5) is 0 Å². The van der Waals surface area contributed by atoms with Crippen LogP contribution in [0.25, 0.3) is 0 Å². The Morgan fingerprint density at radius 3 is 2.14 bits per heavy atom. The molecule has 78 valence electrons. The Hall–Kier alpha value is -0.530. The van der Waals surface area contributed by atoms with Crippen LogP contribution in [0, 0.1) is 29.6 Å². The highest BCUT2D eigenvalue weighted by molar-refractivity contribution is 5.67. The number of carboxylic acid groups (broad SMARTS) is 1. The first kappa shape index (κ1) is 8.75. The van der Waals surface area contributed by atoms with E-state index in [4.69, 9.17) is 5.11 Å². The van der Waals surface area contributed by atoms with Crippen molar-refractivity contribution in [1.29, 1.82) is 0 Å². The number of rotatable bonds is 2. The van der Waals surface area contributed by atoms with Crippen LogP contribution in [0.1, 0.15) is 38.5 Å². The molecule has 0 heterocycles. The van der Waals surface area contributed by atoms with Gasteiger partial charge in [0, 0.05) is 6.42 Å². The molecule has 3 rings (SSSR count). The molecule has 2 bridgehead atoms. The number of carboxylic acids is 1. The van der Waals surface area contributed by atoms with E-state index in [0.717, 1.165) is 23.7 Å². The van der Waals surface area contributed by atoms with Gasteiger partial charge in [0.2, 0.25) is 0 Å². The van der Waals surface area contributed by atoms with Crippen LogP contribution in [0.2, 0.25) is 0 Å². The van der Waals surface area contributed by atoms with E-state index in [1.165, 1.54) is 32.1 Å². The molecule has 2 nitrogen and oxygen atoms in total. The van der Waals surface area contributed by atoms with Crippen LogP contribution >= 0.6 is 0 Å². The summed E-state index contributed by atoms with van der Waals surface area (Å²) in [5, 5.41) is 8.78. The largest absolute Gasteiger partial charge is 0.481 e. The minimum Gasteiger partial charge on any atom is -0.481 e. The average molecular weight is 194 g/mol. The summed E-state index contributed by atoms with van der Waals surface area (Å²) < 4.78 is 0. The topological polar surface area (TPSA) is 37.3 Å². The SMILES string of the molecule is O=C(O)CC1CC2C3CCC(C3)C2C1. The minimum absolute atomic E-state index is 0.423. The summed E-state index contributed by atoms with van der Waals surface area (Å²) in [5.41, 5.74) is 0. The summed E-state index contributed by atoms with van der Waals surface area (Å²) in [6.07, 6.45) is 7.20. The summed E-state index contributed by atoms with van der Waals surface area (Å²) in [6, 6.07) is 0. The zero-order valence-corrected chi connectivity index (χ0v) is 8.48. The van der Waals surface area contributed by atoms with Gasteiger partial charge in [-0.15, -0.1) is 0 Å². The monoisotopic (exact) mass is 194 g/mol. The van der Waals surface area contributed by atoms with Gasteiger partial charge in [0.1, 0.15) is 0 Å². The van der Waals surface area contributed by atoms with E-state index in [-0.39, 0.29) is 0 Å². The molecule has 3 fully saturated rings. The first-order valence-corrected chi connectivity index (χ1v) is 5.96. The molecular weight excluding hydrogens is 176 g/mol. The van der Waals surface area contributed by atoms with E-state index in [9.17, 15) is 4.79 Å². The Kier molecular flexibility index (Phi) is 1.86. The number of fused-ring (bicyclic) bond motifs is 5. The maximum absolute atomic E-state index is 10.7. The van der Waals surface area contributed by atoms with Crippen LogP contribution in [0.15, 0.2) is 0 Å². The molecule has 0 spiro atoms. The minimum atomic E-state index is -0.595. The number of aliphatic carboxylic acids is 1. The summed E-state index contributed by atoms with van der Waals surface area (Å²) in [5.74, 6) is 3.69. The standard InChI is InChI=1S/C12H18O2/c13-12(14)5-7-3-10-8-1-2-9(6-8)11(10)4-7/h7-11H,1-6H2,(H,13,14). The Bertz CT molecular complexity index is 243. The molecule has 0 aromatic rings. The highest BCUT2D eigenvalue weighted by Crippen LogP contribution is 2.60. The lowest BCUT2D eigenvalue weighted by Gasteiger charge is -2.23. The predicted molar refractivity (Wildman–Crippen MR) is 52.8 cm³/mol. The molecule has 0 aromatic heterocycles. The maximum Gasteiger partial charge on any atom is 0.303 e. The highest BCUT2D eigenvalue weighted by atomic mass is 16.4. The van der Waals surface area contributed by atoms with Gasteiger partial charge < -0.3 is 5.11 Å². The fourth-order valence-corrected chi connectivity index (χ4v) is 4.54. The molecule has 0 aromatic carbocycles. The Balaban J connectivity index is 1.68. The number of hydrogen-bond acceptors (Lipinski definition) is 1. The molecule has 14 heavy (non-hydrogen) atoms. The molecule has 3 aliphatic rings. The van der Waals surface area contributed by atoms with Crippen LogP contribution in [-0.2, 0) is 4.79 Å². The molecule has 0 saturated heterocycles. The van der Waals surface area contributed by atoms with Crippen molar-refractivity contribution in [3.05, 3.63) is 0 Å². The van der Waals surface area contributed by atoms with E-state index in [1.54, 1.807) is 0 Å². The van der Waals surface area contributed by atoms with Crippen molar-refractivity contribution in [3.63, 3.8) is 0 Å². The Morgan fingerprint density at radius 1 is 1.07 bits per heavy atom. The molecule has 4 atom stereocenters. The van der Waals surface area contributed by atoms with Gasteiger partial charge in [-0.25, -0.2) is 0 Å². The normalized spacial score (nSPS) is 49.6. The van der Waals surface area contributed by atoms with Gasteiger partial charge in [0.25, 0.3) is 0 Å². The third-order valence-electron chi connectivity index (χ3n) is 4.95. The molecular formula is C12H18O2. The molecule has 2 heteroatoms.